The normalized spacial score (nSPS) is 11.9. The smallest absolute Gasteiger partial charge is 0.216 e. The fraction of sp³-hybridized carbons (Fsp3) is 0. The molecule has 2 rings (SSSR count). The van der Waals surface area contributed by atoms with Crippen molar-refractivity contribution in [1.82, 2.24) is 0 Å². The van der Waals surface area contributed by atoms with Crippen molar-refractivity contribution < 1.29 is 12.8 Å². The summed E-state index contributed by atoms with van der Waals surface area (Å²) in [7, 11) is -4.12. The number of nitriles is 1. The van der Waals surface area contributed by atoms with Crippen LogP contribution in [0.2, 0.25) is 0 Å². The Morgan fingerprint density at radius 2 is 1.65 bits per heavy atom. The molecule has 3 nitrogen and oxygen atoms in total. The van der Waals surface area contributed by atoms with Gasteiger partial charge in [-0.05, 0) is 35.9 Å². The standard InChI is InChI=1S/C15H10FNO2S/c16-15(10-12-6-8-13(11-17)9-7-12)20(18,19)14-4-2-1-3-5-14/h1-10H/b15-10+. The van der Waals surface area contributed by atoms with Crippen molar-refractivity contribution in [3.05, 3.63) is 70.9 Å². The summed E-state index contributed by atoms with van der Waals surface area (Å²) in [5, 5.41) is 7.42. The van der Waals surface area contributed by atoms with Gasteiger partial charge in [0.15, 0.2) is 0 Å². The molecule has 0 radical (unpaired) electrons. The van der Waals surface area contributed by atoms with E-state index in [-0.39, 0.29) is 4.90 Å². The Morgan fingerprint density at radius 3 is 2.20 bits per heavy atom. The van der Waals surface area contributed by atoms with Gasteiger partial charge in [-0.25, -0.2) is 8.42 Å². The van der Waals surface area contributed by atoms with Gasteiger partial charge in [0.05, 0.1) is 16.5 Å². The van der Waals surface area contributed by atoms with E-state index in [0.29, 0.717) is 11.1 Å². The Balaban J connectivity index is 2.37. The molecule has 0 amide bonds. The average molecular weight is 287 g/mol. The van der Waals surface area contributed by atoms with Crippen molar-refractivity contribution in [2.45, 2.75) is 4.90 Å². The van der Waals surface area contributed by atoms with Crippen molar-refractivity contribution in [1.29, 1.82) is 5.26 Å². The van der Waals surface area contributed by atoms with Gasteiger partial charge in [-0.2, -0.15) is 9.65 Å². The van der Waals surface area contributed by atoms with E-state index >= 15 is 0 Å². The van der Waals surface area contributed by atoms with Crippen LogP contribution in [-0.4, -0.2) is 8.42 Å². The SMILES string of the molecule is N#Cc1ccc(/C=C(\F)S(=O)(=O)c2ccccc2)cc1. The molecule has 0 aliphatic carbocycles. The second-order valence-electron chi connectivity index (χ2n) is 4.00. The summed E-state index contributed by atoms with van der Waals surface area (Å²) in [6, 6.07) is 15.3. The molecule has 5 heteroatoms. The van der Waals surface area contributed by atoms with Gasteiger partial charge in [-0.3, -0.25) is 0 Å². The molecule has 20 heavy (non-hydrogen) atoms. The third-order valence-corrected chi connectivity index (χ3v) is 4.15. The van der Waals surface area contributed by atoms with E-state index in [9.17, 15) is 12.8 Å². The van der Waals surface area contributed by atoms with E-state index in [1.165, 1.54) is 48.5 Å². The first-order valence-electron chi connectivity index (χ1n) is 5.71. The number of hydrogen-bond acceptors (Lipinski definition) is 3. The number of rotatable bonds is 3. The molecule has 0 N–H and O–H groups in total. The topological polar surface area (TPSA) is 57.9 Å². The zero-order chi connectivity index (χ0) is 14.6. The second-order valence-corrected chi connectivity index (χ2v) is 5.87. The highest BCUT2D eigenvalue weighted by Gasteiger charge is 2.20. The lowest BCUT2D eigenvalue weighted by Crippen LogP contribution is -2.00. The van der Waals surface area contributed by atoms with Crippen LogP contribution in [-0.2, 0) is 9.84 Å². The summed E-state index contributed by atoms with van der Waals surface area (Å²) in [4.78, 5) is -0.0950. The van der Waals surface area contributed by atoms with Gasteiger partial charge >= 0.3 is 0 Å². The van der Waals surface area contributed by atoms with Crippen LogP contribution in [0, 0.1) is 11.3 Å². The fourth-order valence-electron chi connectivity index (χ4n) is 1.57. The first-order chi connectivity index (χ1) is 9.54. The predicted molar refractivity (Wildman–Crippen MR) is 73.9 cm³/mol. The lowest BCUT2D eigenvalue weighted by molar-refractivity contribution is 0.579. The van der Waals surface area contributed by atoms with Crippen LogP contribution in [0.5, 0.6) is 0 Å². The Morgan fingerprint density at radius 1 is 1.05 bits per heavy atom. The van der Waals surface area contributed by atoms with Gasteiger partial charge in [0.1, 0.15) is 0 Å². The van der Waals surface area contributed by atoms with Crippen molar-refractivity contribution >= 4 is 15.9 Å². The summed E-state index contributed by atoms with van der Waals surface area (Å²) in [5.74, 6) is 0. The van der Waals surface area contributed by atoms with Crippen molar-refractivity contribution in [3.8, 4) is 6.07 Å². The van der Waals surface area contributed by atoms with E-state index in [1.54, 1.807) is 6.07 Å². The highest BCUT2D eigenvalue weighted by molar-refractivity contribution is 7.95. The third kappa shape index (κ3) is 2.92. The quantitative estimate of drug-likeness (QED) is 0.870. The molecule has 0 unspecified atom stereocenters. The van der Waals surface area contributed by atoms with Crippen LogP contribution in [0.1, 0.15) is 11.1 Å². The number of halogens is 1. The van der Waals surface area contributed by atoms with Gasteiger partial charge in [0, 0.05) is 0 Å². The number of sulfone groups is 1. The van der Waals surface area contributed by atoms with Gasteiger partial charge < -0.3 is 0 Å². The molecule has 0 aliphatic rings. The first-order valence-corrected chi connectivity index (χ1v) is 7.20. The van der Waals surface area contributed by atoms with Crippen LogP contribution in [0.25, 0.3) is 6.08 Å². The van der Waals surface area contributed by atoms with Crippen molar-refractivity contribution in [3.63, 3.8) is 0 Å². The lowest BCUT2D eigenvalue weighted by atomic mass is 10.1. The molecule has 2 aromatic rings. The Hall–Kier alpha value is -2.45. The van der Waals surface area contributed by atoms with Gasteiger partial charge in [-0.1, -0.05) is 30.3 Å². The number of nitrogens with zero attached hydrogens (tertiary/aromatic N) is 1. The molecule has 0 atom stereocenters. The van der Waals surface area contributed by atoms with E-state index in [2.05, 4.69) is 0 Å². The summed E-state index contributed by atoms with van der Waals surface area (Å²) in [5.41, 5.74) is 0.800. The summed E-state index contributed by atoms with van der Waals surface area (Å²) >= 11 is 0. The molecule has 0 fully saturated rings. The molecule has 2 aromatic carbocycles. The summed E-state index contributed by atoms with van der Waals surface area (Å²) in [6.45, 7) is 0. The Kier molecular flexibility index (Phi) is 3.97. The molecule has 0 aliphatic heterocycles. The molecule has 0 saturated carbocycles. The lowest BCUT2D eigenvalue weighted by Gasteiger charge is -2.01. The average Bonchev–Trinajstić information content (AvgIpc) is 2.49. The van der Waals surface area contributed by atoms with E-state index in [1.807, 2.05) is 6.07 Å². The Bertz CT molecular complexity index is 773. The second kappa shape index (κ2) is 5.68. The summed E-state index contributed by atoms with van der Waals surface area (Å²) < 4.78 is 37.9. The van der Waals surface area contributed by atoms with Crippen LogP contribution in [0.3, 0.4) is 0 Å². The molecule has 0 saturated heterocycles. The van der Waals surface area contributed by atoms with E-state index in [4.69, 9.17) is 5.26 Å². The van der Waals surface area contributed by atoms with Gasteiger partial charge in [-0.15, -0.1) is 0 Å². The minimum absolute atomic E-state index is 0.0950. The first kappa shape index (κ1) is 14.0. The molecule has 0 spiro atoms. The zero-order valence-electron chi connectivity index (χ0n) is 10.3. The minimum atomic E-state index is -4.12. The maximum Gasteiger partial charge on any atom is 0.233 e. The highest BCUT2D eigenvalue weighted by Crippen LogP contribution is 2.22. The molecular formula is C15H10FNO2S. The number of benzene rings is 2. The minimum Gasteiger partial charge on any atom is -0.216 e. The van der Waals surface area contributed by atoms with Crippen LogP contribution >= 0.6 is 0 Å². The number of hydrogen-bond donors (Lipinski definition) is 0. The van der Waals surface area contributed by atoms with E-state index in [0.717, 1.165) is 6.08 Å². The van der Waals surface area contributed by atoms with Crippen LogP contribution in [0.4, 0.5) is 4.39 Å². The zero-order valence-corrected chi connectivity index (χ0v) is 11.1. The van der Waals surface area contributed by atoms with E-state index < -0.39 is 15.0 Å². The molecular weight excluding hydrogens is 277 g/mol. The van der Waals surface area contributed by atoms with Crippen LogP contribution < -0.4 is 0 Å². The fourth-order valence-corrected chi connectivity index (χ4v) is 2.61. The van der Waals surface area contributed by atoms with Crippen LogP contribution in [0.15, 0.2) is 64.7 Å². The largest absolute Gasteiger partial charge is 0.233 e. The predicted octanol–water partition coefficient (Wildman–Crippen LogP) is 3.30. The maximum absolute atomic E-state index is 13.9. The van der Waals surface area contributed by atoms with Gasteiger partial charge in [0.25, 0.3) is 0 Å². The molecule has 0 aromatic heterocycles. The third-order valence-electron chi connectivity index (χ3n) is 2.63. The summed E-state index contributed by atoms with van der Waals surface area (Å²) in [6.07, 6.45) is 0.934. The molecule has 0 heterocycles. The molecule has 0 bridgehead atoms. The maximum atomic E-state index is 13.9. The monoisotopic (exact) mass is 287 g/mol. The Labute approximate surface area is 116 Å². The van der Waals surface area contributed by atoms with Crippen molar-refractivity contribution in [2.24, 2.45) is 0 Å². The molecule has 100 valence electrons. The van der Waals surface area contributed by atoms with Crippen molar-refractivity contribution in [2.75, 3.05) is 0 Å². The highest BCUT2D eigenvalue weighted by atomic mass is 32.2. The van der Waals surface area contributed by atoms with Gasteiger partial charge in [0.2, 0.25) is 15.0 Å².